The average Bonchev–Trinajstić information content (AvgIpc) is 3.28. The van der Waals surface area contributed by atoms with Gasteiger partial charge in [-0.1, -0.05) is 6.07 Å². The van der Waals surface area contributed by atoms with Crippen molar-refractivity contribution in [2.24, 2.45) is 0 Å². The number of carbonyl (C=O) groups is 6. The van der Waals surface area contributed by atoms with Crippen LogP contribution < -0.4 is 0 Å². The van der Waals surface area contributed by atoms with E-state index in [2.05, 4.69) is 9.47 Å². The Morgan fingerprint density at radius 2 is 1.42 bits per heavy atom. The minimum absolute atomic E-state index is 0.0224. The molecule has 2 aliphatic heterocycles. The molecule has 0 aliphatic carbocycles. The van der Waals surface area contributed by atoms with Gasteiger partial charge in [-0.2, -0.15) is 0 Å². The second-order valence-electron chi connectivity index (χ2n) is 8.00. The van der Waals surface area contributed by atoms with E-state index in [1.807, 2.05) is 0 Å². The molecule has 0 aromatic heterocycles. The summed E-state index contributed by atoms with van der Waals surface area (Å²) in [6.45, 7) is 1.49. The number of hydrogen-bond donors (Lipinski definition) is 1. The van der Waals surface area contributed by atoms with Crippen molar-refractivity contribution in [1.29, 1.82) is 0 Å². The van der Waals surface area contributed by atoms with Crippen LogP contribution in [0.4, 0.5) is 0 Å². The summed E-state index contributed by atoms with van der Waals surface area (Å²) >= 11 is 0. The zero-order valence-corrected chi connectivity index (χ0v) is 18.9. The summed E-state index contributed by atoms with van der Waals surface area (Å²) < 4.78 is 24.7. The third-order valence-corrected chi connectivity index (χ3v) is 5.34. The quantitative estimate of drug-likeness (QED) is 0.240. The maximum absolute atomic E-state index is 12.5. The molecule has 12 heteroatoms. The lowest BCUT2D eigenvalue weighted by Gasteiger charge is -2.27. The van der Waals surface area contributed by atoms with Crippen LogP contribution in [-0.2, 0) is 34.3 Å². The predicted molar refractivity (Wildman–Crippen MR) is 114 cm³/mol. The molecule has 0 bridgehead atoms. The third kappa shape index (κ3) is 4.85. The Morgan fingerprint density at radius 1 is 0.861 bits per heavy atom. The van der Waals surface area contributed by atoms with E-state index in [0.29, 0.717) is 0 Å². The Morgan fingerprint density at radius 3 is 2.03 bits per heavy atom. The monoisotopic (exact) mass is 498 g/mol. The molecule has 1 N–H and O–H groups in total. The molecule has 12 nitrogen and oxygen atoms in total. The fourth-order valence-corrected chi connectivity index (χ4v) is 3.53. The molecule has 2 aromatic rings. The Balaban J connectivity index is 1.41. The van der Waals surface area contributed by atoms with Gasteiger partial charge in [0.1, 0.15) is 6.61 Å². The van der Waals surface area contributed by atoms with Crippen molar-refractivity contribution in [3.05, 3.63) is 69.8 Å². The number of fused-ring (bicyclic) bond motifs is 2. The molecule has 2 heterocycles. The van der Waals surface area contributed by atoms with Crippen molar-refractivity contribution in [3.63, 3.8) is 0 Å². The van der Waals surface area contributed by atoms with Crippen molar-refractivity contribution >= 4 is 35.8 Å². The molecule has 0 spiro atoms. The van der Waals surface area contributed by atoms with Crippen molar-refractivity contribution in [2.75, 3.05) is 13.2 Å². The first-order chi connectivity index (χ1) is 17.0. The van der Waals surface area contributed by atoms with E-state index in [1.165, 1.54) is 37.3 Å². The summed E-state index contributed by atoms with van der Waals surface area (Å²) in [6.07, 6.45) is -1.14. The first kappa shape index (κ1) is 24.7. The lowest BCUT2D eigenvalue weighted by molar-refractivity contribution is -0.218. The van der Waals surface area contributed by atoms with Crippen LogP contribution in [0.15, 0.2) is 36.4 Å². The summed E-state index contributed by atoms with van der Waals surface area (Å²) in [5, 5.41) is 10.8. The summed E-state index contributed by atoms with van der Waals surface area (Å²) in [4.78, 5) is 70.6. The van der Waals surface area contributed by atoms with E-state index in [-0.39, 0.29) is 33.4 Å². The molecule has 2 aromatic carbocycles. The SMILES string of the molecule is CC(=O)OC(COC(=O)c1ccc2c(c1)C(=O)OC2=O)COC(C)(O)c1ccc2c(c1)C(=O)OC2=O. The van der Waals surface area contributed by atoms with Gasteiger partial charge in [0.15, 0.2) is 11.9 Å². The van der Waals surface area contributed by atoms with E-state index < -0.39 is 60.9 Å². The first-order valence-corrected chi connectivity index (χ1v) is 10.5. The number of esters is 6. The first-order valence-electron chi connectivity index (χ1n) is 10.5. The lowest BCUT2D eigenvalue weighted by atomic mass is 10.0. The van der Waals surface area contributed by atoms with Gasteiger partial charge in [0, 0.05) is 12.5 Å². The van der Waals surface area contributed by atoms with Gasteiger partial charge in [0.25, 0.3) is 0 Å². The molecule has 0 fully saturated rings. The number of hydrogen-bond acceptors (Lipinski definition) is 12. The zero-order valence-electron chi connectivity index (χ0n) is 18.9. The van der Waals surface area contributed by atoms with Gasteiger partial charge in [-0.15, -0.1) is 0 Å². The predicted octanol–water partition coefficient (Wildman–Crippen LogP) is 1.28. The van der Waals surface area contributed by atoms with Gasteiger partial charge in [0.2, 0.25) is 0 Å². The number of ether oxygens (including phenoxy) is 5. The van der Waals surface area contributed by atoms with Crippen LogP contribution in [0.3, 0.4) is 0 Å². The van der Waals surface area contributed by atoms with E-state index >= 15 is 0 Å². The lowest BCUT2D eigenvalue weighted by Crippen LogP contribution is -2.35. The number of cyclic esters (lactones) is 4. The Bertz CT molecular complexity index is 1320. The minimum atomic E-state index is -1.99. The van der Waals surface area contributed by atoms with Gasteiger partial charge in [-0.05, 0) is 37.3 Å². The van der Waals surface area contributed by atoms with Crippen LogP contribution in [0.5, 0.6) is 0 Å². The molecule has 36 heavy (non-hydrogen) atoms. The summed E-state index contributed by atoms with van der Waals surface area (Å²) in [5.41, 5.74) is 0.0279. The van der Waals surface area contributed by atoms with Gasteiger partial charge in [-0.3, -0.25) is 4.79 Å². The highest BCUT2D eigenvalue weighted by Gasteiger charge is 2.34. The average molecular weight is 498 g/mol. The van der Waals surface area contributed by atoms with Crippen LogP contribution in [-0.4, -0.2) is 60.2 Å². The van der Waals surface area contributed by atoms with E-state index in [1.54, 1.807) is 0 Å². The molecule has 2 unspecified atom stereocenters. The van der Waals surface area contributed by atoms with E-state index in [0.717, 1.165) is 13.0 Å². The van der Waals surface area contributed by atoms with Crippen LogP contribution >= 0.6 is 0 Å². The molecular weight excluding hydrogens is 480 g/mol. The van der Waals surface area contributed by atoms with Crippen molar-refractivity contribution in [2.45, 2.75) is 25.7 Å². The molecule has 0 amide bonds. The second kappa shape index (κ2) is 9.32. The summed E-state index contributed by atoms with van der Waals surface area (Å²) in [6, 6.07) is 7.59. The fourth-order valence-electron chi connectivity index (χ4n) is 3.53. The molecular formula is C24H18O12. The topological polar surface area (TPSA) is 169 Å². The van der Waals surface area contributed by atoms with Gasteiger partial charge >= 0.3 is 35.8 Å². The van der Waals surface area contributed by atoms with Gasteiger partial charge in [0.05, 0.1) is 34.4 Å². The second-order valence-corrected chi connectivity index (χ2v) is 8.00. The van der Waals surface area contributed by atoms with Crippen molar-refractivity contribution in [1.82, 2.24) is 0 Å². The normalized spacial score (nSPS) is 16.4. The fraction of sp³-hybridized carbons (Fsp3) is 0.250. The smallest absolute Gasteiger partial charge is 0.346 e. The van der Waals surface area contributed by atoms with E-state index in [9.17, 15) is 33.9 Å². The van der Waals surface area contributed by atoms with Crippen molar-refractivity contribution < 1.29 is 57.6 Å². The zero-order chi connectivity index (χ0) is 26.2. The highest BCUT2D eigenvalue weighted by molar-refractivity contribution is 6.16. The Hall–Kier alpha value is -4.42. The van der Waals surface area contributed by atoms with Crippen LogP contribution in [0.1, 0.15) is 71.2 Å². The molecule has 186 valence electrons. The molecule has 2 atom stereocenters. The number of carbonyl (C=O) groups excluding carboxylic acids is 6. The molecule has 2 aliphatic rings. The van der Waals surface area contributed by atoms with Gasteiger partial charge < -0.3 is 28.8 Å². The largest absolute Gasteiger partial charge is 0.458 e. The maximum atomic E-state index is 12.5. The van der Waals surface area contributed by atoms with Crippen LogP contribution in [0, 0.1) is 0 Å². The maximum Gasteiger partial charge on any atom is 0.346 e. The van der Waals surface area contributed by atoms with Crippen molar-refractivity contribution in [3.8, 4) is 0 Å². The molecule has 0 saturated carbocycles. The van der Waals surface area contributed by atoms with Crippen LogP contribution in [0.2, 0.25) is 0 Å². The molecule has 4 rings (SSSR count). The third-order valence-electron chi connectivity index (χ3n) is 5.34. The number of aliphatic hydroxyl groups is 1. The summed E-state index contributed by atoms with van der Waals surface area (Å²) in [7, 11) is 0. The standard InChI is InChI=1S/C24H18O12/c1-11(25)34-14(9-32-19(26)12-3-5-15-17(7-12)22(29)35-20(15)27)10-33-24(2,31)13-4-6-16-18(8-13)23(30)36-21(16)28/h3-8,14,31H,9-10H2,1-2H3. The van der Waals surface area contributed by atoms with Gasteiger partial charge in [-0.25, -0.2) is 24.0 Å². The minimum Gasteiger partial charge on any atom is -0.458 e. The molecule has 0 radical (unpaired) electrons. The van der Waals surface area contributed by atoms with Crippen LogP contribution in [0.25, 0.3) is 0 Å². The summed E-state index contributed by atoms with van der Waals surface area (Å²) in [5.74, 6) is -6.95. The Labute approximate surface area is 202 Å². The number of benzene rings is 2. The Kier molecular flexibility index (Phi) is 6.39. The highest BCUT2D eigenvalue weighted by Crippen LogP contribution is 2.28. The highest BCUT2D eigenvalue weighted by atomic mass is 16.6. The molecule has 0 saturated heterocycles. The van der Waals surface area contributed by atoms with E-state index in [4.69, 9.17) is 14.2 Å². The number of rotatable bonds is 8.